The predicted octanol–water partition coefficient (Wildman–Crippen LogP) is 4.55. The summed E-state index contributed by atoms with van der Waals surface area (Å²) in [6, 6.07) is 14.9. The molecule has 0 spiro atoms. The second-order valence-corrected chi connectivity index (χ2v) is 6.69. The Morgan fingerprint density at radius 3 is 2.44 bits per heavy atom. The molecule has 0 saturated carbocycles. The molecule has 132 valence electrons. The van der Waals surface area contributed by atoms with Gasteiger partial charge in [-0.2, -0.15) is 0 Å². The quantitative estimate of drug-likeness (QED) is 0.746. The largest absolute Gasteiger partial charge is 0.494 e. The Bertz CT molecular complexity index is 727. The normalized spacial score (nSPS) is 10.4. The van der Waals surface area contributed by atoms with Gasteiger partial charge in [0.15, 0.2) is 5.11 Å². The zero-order valence-corrected chi connectivity index (χ0v) is 15.7. The van der Waals surface area contributed by atoms with Gasteiger partial charge in [0.25, 0.3) is 5.91 Å². The topological polar surface area (TPSA) is 50.4 Å². The SMILES string of the molecule is Cc1ccccc1C(=O)NC(=S)Nc1ccc(OCCC(C)C)cc1. The smallest absolute Gasteiger partial charge is 0.257 e. The van der Waals surface area contributed by atoms with Gasteiger partial charge in [-0.3, -0.25) is 10.1 Å². The second kappa shape index (κ2) is 9.18. The minimum Gasteiger partial charge on any atom is -0.494 e. The van der Waals surface area contributed by atoms with Crippen LogP contribution in [0.1, 0.15) is 36.2 Å². The monoisotopic (exact) mass is 356 g/mol. The van der Waals surface area contributed by atoms with E-state index in [-0.39, 0.29) is 11.0 Å². The molecule has 0 fully saturated rings. The lowest BCUT2D eigenvalue weighted by Crippen LogP contribution is -2.34. The van der Waals surface area contributed by atoms with Crippen molar-refractivity contribution in [2.75, 3.05) is 11.9 Å². The van der Waals surface area contributed by atoms with E-state index in [1.807, 2.05) is 49.4 Å². The standard InChI is InChI=1S/C20H24N2O2S/c1-14(2)12-13-24-17-10-8-16(9-11-17)21-20(25)22-19(23)18-7-5-4-6-15(18)3/h4-11,14H,12-13H2,1-3H3,(H2,21,22,23,25). The third-order valence-electron chi connectivity index (χ3n) is 3.69. The molecule has 1 amide bonds. The molecule has 2 N–H and O–H groups in total. The minimum atomic E-state index is -0.218. The maximum absolute atomic E-state index is 12.2. The van der Waals surface area contributed by atoms with Gasteiger partial charge in [0.2, 0.25) is 0 Å². The Balaban J connectivity index is 1.86. The molecule has 0 aliphatic heterocycles. The molecule has 5 heteroatoms. The van der Waals surface area contributed by atoms with E-state index < -0.39 is 0 Å². The van der Waals surface area contributed by atoms with Crippen molar-refractivity contribution in [1.82, 2.24) is 5.32 Å². The fourth-order valence-electron chi connectivity index (χ4n) is 2.21. The maximum atomic E-state index is 12.2. The van der Waals surface area contributed by atoms with E-state index in [0.717, 1.165) is 23.4 Å². The van der Waals surface area contributed by atoms with Gasteiger partial charge in [0.05, 0.1) is 6.61 Å². The Morgan fingerprint density at radius 1 is 1.12 bits per heavy atom. The highest BCUT2D eigenvalue weighted by Crippen LogP contribution is 2.16. The summed E-state index contributed by atoms with van der Waals surface area (Å²) in [6.07, 6.45) is 1.02. The number of carbonyl (C=O) groups excluding carboxylic acids is 1. The first-order chi connectivity index (χ1) is 12.0. The Hall–Kier alpha value is -2.40. The van der Waals surface area contributed by atoms with Crippen LogP contribution < -0.4 is 15.4 Å². The molecule has 0 aliphatic rings. The third-order valence-corrected chi connectivity index (χ3v) is 3.90. The summed E-state index contributed by atoms with van der Waals surface area (Å²) in [4.78, 5) is 12.2. The van der Waals surface area contributed by atoms with Crippen molar-refractivity contribution in [1.29, 1.82) is 0 Å². The molecule has 25 heavy (non-hydrogen) atoms. The van der Waals surface area contributed by atoms with Crippen molar-refractivity contribution in [3.8, 4) is 5.75 Å². The molecule has 0 aliphatic carbocycles. The van der Waals surface area contributed by atoms with Crippen LogP contribution in [0.5, 0.6) is 5.75 Å². The summed E-state index contributed by atoms with van der Waals surface area (Å²) >= 11 is 5.21. The molecule has 0 atom stereocenters. The fraction of sp³-hybridized carbons (Fsp3) is 0.300. The summed E-state index contributed by atoms with van der Waals surface area (Å²) < 4.78 is 5.68. The van der Waals surface area contributed by atoms with Gasteiger partial charge < -0.3 is 10.1 Å². The molecule has 0 unspecified atom stereocenters. The van der Waals surface area contributed by atoms with E-state index in [0.29, 0.717) is 18.1 Å². The van der Waals surface area contributed by atoms with E-state index in [9.17, 15) is 4.79 Å². The van der Waals surface area contributed by atoms with Crippen molar-refractivity contribution in [3.05, 3.63) is 59.7 Å². The van der Waals surface area contributed by atoms with Crippen LogP contribution in [0.25, 0.3) is 0 Å². The molecule has 4 nitrogen and oxygen atoms in total. The Morgan fingerprint density at radius 2 is 1.80 bits per heavy atom. The predicted molar refractivity (Wildman–Crippen MR) is 106 cm³/mol. The van der Waals surface area contributed by atoms with E-state index in [1.54, 1.807) is 6.07 Å². The first-order valence-electron chi connectivity index (χ1n) is 8.36. The molecule has 0 saturated heterocycles. The van der Waals surface area contributed by atoms with Crippen LogP contribution in [-0.2, 0) is 0 Å². The highest BCUT2D eigenvalue weighted by molar-refractivity contribution is 7.80. The molecule has 2 rings (SSSR count). The molecule has 0 heterocycles. The average Bonchev–Trinajstić information content (AvgIpc) is 2.56. The van der Waals surface area contributed by atoms with Crippen LogP contribution in [0.4, 0.5) is 5.69 Å². The number of hydrogen-bond donors (Lipinski definition) is 2. The van der Waals surface area contributed by atoms with Crippen molar-refractivity contribution < 1.29 is 9.53 Å². The fourth-order valence-corrected chi connectivity index (χ4v) is 2.42. The molecule has 2 aromatic rings. The van der Waals surface area contributed by atoms with Gasteiger partial charge in [-0.05, 0) is 67.4 Å². The van der Waals surface area contributed by atoms with Crippen molar-refractivity contribution in [2.24, 2.45) is 5.92 Å². The van der Waals surface area contributed by atoms with Crippen LogP contribution in [0.3, 0.4) is 0 Å². The number of aryl methyl sites for hydroxylation is 1. The van der Waals surface area contributed by atoms with Crippen LogP contribution in [-0.4, -0.2) is 17.6 Å². The lowest BCUT2D eigenvalue weighted by atomic mass is 10.1. The van der Waals surface area contributed by atoms with Gasteiger partial charge in [0, 0.05) is 11.3 Å². The number of benzene rings is 2. The van der Waals surface area contributed by atoms with Crippen molar-refractivity contribution in [2.45, 2.75) is 27.2 Å². The average molecular weight is 356 g/mol. The zero-order chi connectivity index (χ0) is 18.2. The number of carbonyl (C=O) groups is 1. The lowest BCUT2D eigenvalue weighted by Gasteiger charge is -2.12. The first kappa shape index (κ1) is 18.9. The number of rotatable bonds is 6. The van der Waals surface area contributed by atoms with Gasteiger partial charge >= 0.3 is 0 Å². The number of amides is 1. The van der Waals surface area contributed by atoms with Gasteiger partial charge in [-0.25, -0.2) is 0 Å². The highest BCUT2D eigenvalue weighted by atomic mass is 32.1. The maximum Gasteiger partial charge on any atom is 0.257 e. The molecule has 0 aromatic heterocycles. The third kappa shape index (κ3) is 6.19. The van der Waals surface area contributed by atoms with Crippen LogP contribution in [0.15, 0.2) is 48.5 Å². The zero-order valence-electron chi connectivity index (χ0n) is 14.8. The Labute approximate surface area is 154 Å². The van der Waals surface area contributed by atoms with Gasteiger partial charge in [-0.1, -0.05) is 32.0 Å². The number of ether oxygens (including phenoxy) is 1. The Kier molecular flexibility index (Phi) is 6.95. The second-order valence-electron chi connectivity index (χ2n) is 6.28. The lowest BCUT2D eigenvalue weighted by molar-refractivity contribution is 0.0977. The summed E-state index contributed by atoms with van der Waals surface area (Å²) in [5, 5.41) is 5.97. The number of nitrogens with one attached hydrogen (secondary N) is 2. The number of thiocarbonyl (C=S) groups is 1. The van der Waals surface area contributed by atoms with Crippen LogP contribution in [0.2, 0.25) is 0 Å². The van der Waals surface area contributed by atoms with Gasteiger partial charge in [0.1, 0.15) is 5.75 Å². The molecular weight excluding hydrogens is 332 g/mol. The van der Waals surface area contributed by atoms with Crippen LogP contribution >= 0.6 is 12.2 Å². The summed E-state index contributed by atoms with van der Waals surface area (Å²) in [5.41, 5.74) is 2.32. The van der Waals surface area contributed by atoms with Crippen molar-refractivity contribution in [3.63, 3.8) is 0 Å². The summed E-state index contributed by atoms with van der Waals surface area (Å²) in [5.74, 6) is 1.22. The van der Waals surface area contributed by atoms with Gasteiger partial charge in [-0.15, -0.1) is 0 Å². The summed E-state index contributed by atoms with van der Waals surface area (Å²) in [6.45, 7) is 6.93. The van der Waals surface area contributed by atoms with E-state index >= 15 is 0 Å². The van der Waals surface area contributed by atoms with Crippen LogP contribution in [0, 0.1) is 12.8 Å². The minimum absolute atomic E-state index is 0.218. The molecule has 0 radical (unpaired) electrons. The van der Waals surface area contributed by atoms with Crippen molar-refractivity contribution >= 4 is 28.9 Å². The van der Waals surface area contributed by atoms with E-state index in [2.05, 4.69) is 24.5 Å². The van der Waals surface area contributed by atoms with E-state index in [4.69, 9.17) is 17.0 Å². The molecule has 2 aromatic carbocycles. The van der Waals surface area contributed by atoms with E-state index in [1.165, 1.54) is 0 Å². The first-order valence-corrected chi connectivity index (χ1v) is 8.77. The number of hydrogen-bond acceptors (Lipinski definition) is 3. The molecular formula is C20H24N2O2S. The number of anilines is 1. The molecule has 0 bridgehead atoms. The summed E-state index contributed by atoms with van der Waals surface area (Å²) in [7, 11) is 0. The highest BCUT2D eigenvalue weighted by Gasteiger charge is 2.10.